The summed E-state index contributed by atoms with van der Waals surface area (Å²) in [5, 5.41) is 5.67. The van der Waals surface area contributed by atoms with Crippen LogP contribution >= 0.6 is 23.1 Å². The summed E-state index contributed by atoms with van der Waals surface area (Å²) >= 11 is 3.59. The fourth-order valence-electron chi connectivity index (χ4n) is 1.65. The normalized spacial score (nSPS) is 12.6. The molecular weight excluding hydrogens is 246 g/mol. The fraction of sp³-hybridized carbons (Fsp3) is 0.286. The van der Waals surface area contributed by atoms with Crippen LogP contribution < -0.4 is 5.32 Å². The Hall–Kier alpha value is -0.770. The summed E-state index contributed by atoms with van der Waals surface area (Å²) in [5.41, 5.74) is 1.34. The molecule has 0 radical (unpaired) electrons. The van der Waals surface area contributed by atoms with E-state index in [1.165, 1.54) is 15.3 Å². The molecule has 1 nitrogen and oxygen atoms in total. The summed E-state index contributed by atoms with van der Waals surface area (Å²) in [6.07, 6.45) is 2.10. The highest BCUT2D eigenvalue weighted by atomic mass is 32.2. The van der Waals surface area contributed by atoms with Crippen molar-refractivity contribution in [1.82, 2.24) is 5.32 Å². The van der Waals surface area contributed by atoms with Crippen LogP contribution in [0.1, 0.15) is 23.4 Å². The summed E-state index contributed by atoms with van der Waals surface area (Å²) < 4.78 is 0. The first-order valence-corrected chi connectivity index (χ1v) is 7.80. The minimum atomic E-state index is 0.426. The van der Waals surface area contributed by atoms with E-state index in [0.29, 0.717) is 6.04 Å². The molecule has 1 atom stereocenters. The SMILES string of the molecule is CSc1ccc(CN[C@H](C)c2cccs2)cc1. The topological polar surface area (TPSA) is 12.0 Å². The second-order valence-electron chi connectivity index (χ2n) is 3.97. The van der Waals surface area contributed by atoms with Crippen LogP contribution in [-0.4, -0.2) is 6.26 Å². The number of rotatable bonds is 5. The first kappa shape index (κ1) is 12.7. The summed E-state index contributed by atoms with van der Waals surface area (Å²) in [5.74, 6) is 0. The zero-order valence-corrected chi connectivity index (χ0v) is 11.8. The number of thioether (sulfide) groups is 1. The smallest absolute Gasteiger partial charge is 0.0388 e. The molecule has 1 N–H and O–H groups in total. The van der Waals surface area contributed by atoms with Gasteiger partial charge in [0.05, 0.1) is 0 Å². The van der Waals surface area contributed by atoms with Crippen molar-refractivity contribution in [2.75, 3.05) is 6.26 Å². The van der Waals surface area contributed by atoms with Gasteiger partial charge >= 0.3 is 0 Å². The van der Waals surface area contributed by atoms with Crippen molar-refractivity contribution >= 4 is 23.1 Å². The fourth-order valence-corrected chi connectivity index (χ4v) is 2.82. The molecule has 0 aliphatic rings. The number of nitrogens with one attached hydrogen (secondary N) is 1. The van der Waals surface area contributed by atoms with Gasteiger partial charge in [0, 0.05) is 22.4 Å². The molecule has 17 heavy (non-hydrogen) atoms. The van der Waals surface area contributed by atoms with Crippen LogP contribution in [0.3, 0.4) is 0 Å². The van der Waals surface area contributed by atoms with Gasteiger partial charge in [0.15, 0.2) is 0 Å². The third kappa shape index (κ3) is 3.60. The van der Waals surface area contributed by atoms with Gasteiger partial charge in [-0.1, -0.05) is 18.2 Å². The molecule has 0 unspecified atom stereocenters. The minimum Gasteiger partial charge on any atom is -0.305 e. The van der Waals surface area contributed by atoms with Gasteiger partial charge in [-0.3, -0.25) is 0 Å². The monoisotopic (exact) mass is 263 g/mol. The Labute approximate surface area is 111 Å². The molecule has 2 rings (SSSR count). The van der Waals surface area contributed by atoms with Gasteiger partial charge in [0.25, 0.3) is 0 Å². The van der Waals surface area contributed by atoms with Crippen LogP contribution in [-0.2, 0) is 6.54 Å². The van der Waals surface area contributed by atoms with Crippen molar-refractivity contribution in [3.05, 3.63) is 52.2 Å². The number of hydrogen-bond donors (Lipinski definition) is 1. The third-order valence-corrected chi connectivity index (χ3v) is 4.54. The molecule has 0 saturated carbocycles. The van der Waals surface area contributed by atoms with Crippen LogP contribution in [0.15, 0.2) is 46.7 Å². The van der Waals surface area contributed by atoms with Crippen molar-refractivity contribution < 1.29 is 0 Å². The van der Waals surface area contributed by atoms with Crippen LogP contribution in [0.4, 0.5) is 0 Å². The second-order valence-corrected chi connectivity index (χ2v) is 5.83. The molecule has 0 amide bonds. The van der Waals surface area contributed by atoms with E-state index < -0.39 is 0 Å². The first-order valence-electron chi connectivity index (χ1n) is 5.69. The van der Waals surface area contributed by atoms with E-state index in [9.17, 15) is 0 Å². The summed E-state index contributed by atoms with van der Waals surface area (Å²) in [6, 6.07) is 13.5. The predicted molar refractivity (Wildman–Crippen MR) is 77.8 cm³/mol. The maximum atomic E-state index is 3.54. The van der Waals surface area contributed by atoms with E-state index in [4.69, 9.17) is 0 Å². The van der Waals surface area contributed by atoms with E-state index in [2.05, 4.69) is 60.3 Å². The molecule has 0 saturated heterocycles. The molecule has 3 heteroatoms. The zero-order valence-electron chi connectivity index (χ0n) is 10.1. The molecule has 1 heterocycles. The zero-order chi connectivity index (χ0) is 12.1. The van der Waals surface area contributed by atoms with Crippen LogP contribution in [0.25, 0.3) is 0 Å². The van der Waals surface area contributed by atoms with Gasteiger partial charge in [-0.25, -0.2) is 0 Å². The Morgan fingerprint density at radius 3 is 2.59 bits per heavy atom. The van der Waals surface area contributed by atoms with Crippen molar-refractivity contribution in [2.24, 2.45) is 0 Å². The molecule has 0 spiro atoms. The number of hydrogen-bond acceptors (Lipinski definition) is 3. The Bertz CT molecular complexity index is 434. The first-order chi connectivity index (χ1) is 8.29. The molecule has 0 aliphatic carbocycles. The van der Waals surface area contributed by atoms with E-state index >= 15 is 0 Å². The highest BCUT2D eigenvalue weighted by molar-refractivity contribution is 7.98. The lowest BCUT2D eigenvalue weighted by molar-refractivity contribution is 0.583. The standard InChI is InChI=1S/C14H17NS2/c1-11(14-4-3-9-17-14)15-10-12-5-7-13(16-2)8-6-12/h3-9,11,15H,10H2,1-2H3/t11-/m1/s1. The van der Waals surface area contributed by atoms with E-state index in [1.54, 1.807) is 23.1 Å². The molecular formula is C14H17NS2. The van der Waals surface area contributed by atoms with Crippen LogP contribution in [0, 0.1) is 0 Å². The summed E-state index contributed by atoms with van der Waals surface area (Å²) in [4.78, 5) is 2.71. The maximum absolute atomic E-state index is 3.54. The van der Waals surface area contributed by atoms with Gasteiger partial charge in [-0.05, 0) is 42.3 Å². The van der Waals surface area contributed by atoms with Crippen molar-refractivity contribution in [2.45, 2.75) is 24.4 Å². The predicted octanol–water partition coefficient (Wildman–Crippen LogP) is 4.32. The average molecular weight is 263 g/mol. The Morgan fingerprint density at radius 2 is 2.00 bits per heavy atom. The highest BCUT2D eigenvalue weighted by Gasteiger charge is 2.05. The van der Waals surface area contributed by atoms with E-state index in [0.717, 1.165) is 6.54 Å². The maximum Gasteiger partial charge on any atom is 0.0388 e. The molecule has 2 aromatic rings. The van der Waals surface area contributed by atoms with Crippen LogP contribution in [0.5, 0.6) is 0 Å². The van der Waals surface area contributed by atoms with Crippen molar-refractivity contribution in [1.29, 1.82) is 0 Å². The molecule has 1 aromatic carbocycles. The van der Waals surface area contributed by atoms with Crippen molar-refractivity contribution in [3.8, 4) is 0 Å². The third-order valence-electron chi connectivity index (χ3n) is 2.74. The lowest BCUT2D eigenvalue weighted by Crippen LogP contribution is -2.16. The second kappa shape index (κ2) is 6.24. The Balaban J connectivity index is 1.89. The molecule has 0 aliphatic heterocycles. The Kier molecular flexibility index (Phi) is 4.66. The number of benzene rings is 1. The molecule has 0 fully saturated rings. The van der Waals surface area contributed by atoms with Gasteiger partial charge in [0.2, 0.25) is 0 Å². The van der Waals surface area contributed by atoms with E-state index in [-0.39, 0.29) is 0 Å². The van der Waals surface area contributed by atoms with Gasteiger partial charge in [-0.15, -0.1) is 23.1 Å². The minimum absolute atomic E-state index is 0.426. The lowest BCUT2D eigenvalue weighted by atomic mass is 10.2. The Morgan fingerprint density at radius 1 is 1.24 bits per heavy atom. The van der Waals surface area contributed by atoms with Crippen LogP contribution in [0.2, 0.25) is 0 Å². The average Bonchev–Trinajstić information content (AvgIpc) is 2.90. The highest BCUT2D eigenvalue weighted by Crippen LogP contribution is 2.19. The quantitative estimate of drug-likeness (QED) is 0.806. The molecule has 0 bridgehead atoms. The van der Waals surface area contributed by atoms with Gasteiger partial charge in [0.1, 0.15) is 0 Å². The van der Waals surface area contributed by atoms with Gasteiger partial charge < -0.3 is 5.32 Å². The summed E-state index contributed by atoms with van der Waals surface area (Å²) in [7, 11) is 0. The van der Waals surface area contributed by atoms with E-state index in [1.807, 2.05) is 0 Å². The molecule has 90 valence electrons. The lowest BCUT2D eigenvalue weighted by Gasteiger charge is -2.12. The largest absolute Gasteiger partial charge is 0.305 e. The van der Waals surface area contributed by atoms with Gasteiger partial charge in [-0.2, -0.15) is 0 Å². The summed E-state index contributed by atoms with van der Waals surface area (Å²) in [6.45, 7) is 3.13. The number of thiophene rings is 1. The molecule has 1 aromatic heterocycles. The van der Waals surface area contributed by atoms with Crippen molar-refractivity contribution in [3.63, 3.8) is 0 Å².